The monoisotopic (exact) mass is 245 g/mol. The highest BCUT2D eigenvalue weighted by molar-refractivity contribution is 7.92. The summed E-state index contributed by atoms with van der Waals surface area (Å²) in [6.07, 6.45) is 0.627. The molecule has 1 rings (SSSR count). The third-order valence-corrected chi connectivity index (χ3v) is 3.01. The van der Waals surface area contributed by atoms with E-state index in [2.05, 4.69) is 4.72 Å². The summed E-state index contributed by atoms with van der Waals surface area (Å²) < 4.78 is 25.1. The van der Waals surface area contributed by atoms with Crippen molar-refractivity contribution in [2.24, 2.45) is 0 Å². The first-order valence-electron chi connectivity index (χ1n) is 4.69. The fourth-order valence-corrected chi connectivity index (χ4v) is 2.14. The molecule has 0 bridgehead atoms. The molecule has 6 heteroatoms. The lowest BCUT2D eigenvalue weighted by Gasteiger charge is -2.05. The van der Waals surface area contributed by atoms with Crippen molar-refractivity contribution in [3.8, 4) is 0 Å². The summed E-state index contributed by atoms with van der Waals surface area (Å²) in [6.45, 7) is 1.59. The zero-order valence-corrected chi connectivity index (χ0v) is 9.78. The molecule has 0 amide bonds. The van der Waals surface area contributed by atoms with Crippen LogP contribution in [-0.4, -0.2) is 25.7 Å². The van der Waals surface area contributed by atoms with Gasteiger partial charge >= 0.3 is 0 Å². The molecule has 0 aliphatic heterocycles. The van der Waals surface area contributed by atoms with Gasteiger partial charge in [-0.25, -0.2) is 8.42 Å². The number of hydrogen-bond acceptors (Lipinski definition) is 3. The molecule has 5 nitrogen and oxygen atoms in total. The van der Waals surface area contributed by atoms with Gasteiger partial charge in [0.15, 0.2) is 0 Å². The van der Waals surface area contributed by atoms with Crippen LogP contribution in [0.2, 0.25) is 0 Å². The Bertz CT molecular complexity index is 389. The molecule has 1 aromatic rings. The molecular formula is C10H15NO4S. The summed E-state index contributed by atoms with van der Waals surface area (Å²) in [5.41, 5.74) is 0.621. The number of carbonyl (C=O) groups is 1. The van der Waals surface area contributed by atoms with Crippen LogP contribution < -0.4 is 4.72 Å². The molecule has 2 N–H and O–H groups in total. The van der Waals surface area contributed by atoms with E-state index in [0.717, 1.165) is 0 Å². The van der Waals surface area contributed by atoms with Crippen molar-refractivity contribution in [3.05, 3.63) is 30.3 Å². The van der Waals surface area contributed by atoms with Crippen molar-refractivity contribution in [3.63, 3.8) is 0 Å². The molecule has 0 aliphatic rings. The van der Waals surface area contributed by atoms with Crippen LogP contribution >= 0.6 is 0 Å². The molecule has 90 valence electrons. The lowest BCUT2D eigenvalue weighted by Crippen LogP contribution is -2.15. The smallest absolute Gasteiger partial charge is 0.290 e. The first kappa shape index (κ1) is 14.4. The summed E-state index contributed by atoms with van der Waals surface area (Å²) in [7, 11) is -3.13. The standard InChI is InChI=1S/C9H13NO2S.CH2O2/c1-2-8-13(11,12)10-9-6-4-3-5-7-9;2-1-3/h3-7,10H,2,8H2,1H3;1H,(H,2,3). The average molecular weight is 245 g/mol. The first-order chi connectivity index (χ1) is 7.55. The van der Waals surface area contributed by atoms with E-state index in [1.165, 1.54) is 0 Å². The van der Waals surface area contributed by atoms with Crippen molar-refractivity contribution in [2.45, 2.75) is 13.3 Å². The van der Waals surface area contributed by atoms with Crippen LogP contribution in [0.4, 0.5) is 5.69 Å². The number of nitrogens with one attached hydrogen (secondary N) is 1. The number of carboxylic acid groups (broad SMARTS) is 1. The molecule has 16 heavy (non-hydrogen) atoms. The second-order valence-electron chi connectivity index (χ2n) is 2.89. The number of rotatable bonds is 4. The van der Waals surface area contributed by atoms with Gasteiger partial charge in [0.05, 0.1) is 5.75 Å². The zero-order valence-electron chi connectivity index (χ0n) is 8.96. The number of benzene rings is 1. The molecule has 0 radical (unpaired) electrons. The van der Waals surface area contributed by atoms with Crippen LogP contribution in [0, 0.1) is 0 Å². The summed E-state index contributed by atoms with van der Waals surface area (Å²) in [5.74, 6) is 0.169. The molecule has 1 aromatic carbocycles. The molecule has 0 atom stereocenters. The van der Waals surface area contributed by atoms with Gasteiger partial charge in [0.1, 0.15) is 0 Å². The van der Waals surface area contributed by atoms with Crippen LogP contribution in [0.15, 0.2) is 30.3 Å². The quantitative estimate of drug-likeness (QED) is 0.788. The Morgan fingerprint density at radius 3 is 2.25 bits per heavy atom. The Kier molecular flexibility index (Phi) is 6.95. The third-order valence-electron chi connectivity index (χ3n) is 1.52. The summed E-state index contributed by atoms with van der Waals surface area (Å²) in [4.78, 5) is 8.36. The van der Waals surface area contributed by atoms with E-state index < -0.39 is 10.0 Å². The maximum atomic E-state index is 11.3. The van der Waals surface area contributed by atoms with E-state index in [4.69, 9.17) is 9.90 Å². The molecule has 0 spiro atoms. The Morgan fingerprint density at radius 2 is 1.81 bits per heavy atom. The van der Waals surface area contributed by atoms with E-state index in [-0.39, 0.29) is 12.2 Å². The highest BCUT2D eigenvalue weighted by atomic mass is 32.2. The Balaban J connectivity index is 0.000000673. The van der Waals surface area contributed by atoms with Gasteiger partial charge in [-0.3, -0.25) is 9.52 Å². The molecule has 0 fully saturated rings. The second-order valence-corrected chi connectivity index (χ2v) is 4.73. The van der Waals surface area contributed by atoms with Gasteiger partial charge in [0.25, 0.3) is 6.47 Å². The van der Waals surface area contributed by atoms with Crippen LogP contribution in [0.3, 0.4) is 0 Å². The highest BCUT2D eigenvalue weighted by Crippen LogP contribution is 2.08. The second kappa shape index (κ2) is 7.70. The van der Waals surface area contributed by atoms with Crippen LogP contribution in [-0.2, 0) is 14.8 Å². The third kappa shape index (κ3) is 6.83. The zero-order chi connectivity index (χ0) is 12.4. The van der Waals surface area contributed by atoms with E-state index in [0.29, 0.717) is 12.1 Å². The number of sulfonamides is 1. The summed E-state index contributed by atoms with van der Waals surface area (Å²) >= 11 is 0. The van der Waals surface area contributed by atoms with E-state index in [9.17, 15) is 8.42 Å². The van der Waals surface area contributed by atoms with Crippen molar-refractivity contribution < 1.29 is 18.3 Å². The Morgan fingerprint density at radius 1 is 1.31 bits per heavy atom. The molecule has 0 aromatic heterocycles. The van der Waals surface area contributed by atoms with Crippen LogP contribution in [0.25, 0.3) is 0 Å². The molecule has 0 saturated carbocycles. The summed E-state index contributed by atoms with van der Waals surface area (Å²) in [5, 5.41) is 6.89. The van der Waals surface area contributed by atoms with Gasteiger partial charge in [-0.2, -0.15) is 0 Å². The van der Waals surface area contributed by atoms with Gasteiger partial charge in [-0.15, -0.1) is 0 Å². The maximum Gasteiger partial charge on any atom is 0.290 e. The van der Waals surface area contributed by atoms with E-state index >= 15 is 0 Å². The number of anilines is 1. The fraction of sp³-hybridized carbons (Fsp3) is 0.300. The van der Waals surface area contributed by atoms with Crippen LogP contribution in [0.1, 0.15) is 13.3 Å². The van der Waals surface area contributed by atoms with E-state index in [1.807, 2.05) is 13.0 Å². The molecular weight excluding hydrogens is 230 g/mol. The van der Waals surface area contributed by atoms with Crippen molar-refractivity contribution in [2.75, 3.05) is 10.5 Å². The molecule has 0 unspecified atom stereocenters. The minimum Gasteiger partial charge on any atom is -0.483 e. The molecule has 0 saturated heterocycles. The average Bonchev–Trinajstić information content (AvgIpc) is 2.19. The lowest BCUT2D eigenvalue weighted by molar-refractivity contribution is -0.122. The normalized spacial score (nSPS) is 9.81. The Hall–Kier alpha value is -1.56. The van der Waals surface area contributed by atoms with Crippen molar-refractivity contribution in [1.82, 2.24) is 0 Å². The number of hydrogen-bond donors (Lipinski definition) is 2. The summed E-state index contributed by atoms with van der Waals surface area (Å²) in [6, 6.07) is 8.89. The maximum absolute atomic E-state index is 11.3. The predicted molar refractivity (Wildman–Crippen MR) is 62.8 cm³/mol. The number of para-hydroxylation sites is 1. The van der Waals surface area contributed by atoms with Crippen molar-refractivity contribution in [1.29, 1.82) is 0 Å². The van der Waals surface area contributed by atoms with Gasteiger partial charge in [0.2, 0.25) is 10.0 Å². The topological polar surface area (TPSA) is 83.5 Å². The van der Waals surface area contributed by atoms with Gasteiger partial charge in [0, 0.05) is 5.69 Å². The Labute approximate surface area is 95.2 Å². The molecule has 0 aliphatic carbocycles. The van der Waals surface area contributed by atoms with Gasteiger partial charge < -0.3 is 5.11 Å². The fourth-order valence-electron chi connectivity index (χ4n) is 1.01. The predicted octanol–water partition coefficient (Wildman–Crippen LogP) is 1.54. The molecule has 0 heterocycles. The largest absolute Gasteiger partial charge is 0.483 e. The van der Waals surface area contributed by atoms with Gasteiger partial charge in [-0.1, -0.05) is 25.1 Å². The minimum absolute atomic E-state index is 0.169. The van der Waals surface area contributed by atoms with Crippen LogP contribution in [0.5, 0.6) is 0 Å². The van der Waals surface area contributed by atoms with Gasteiger partial charge in [-0.05, 0) is 18.6 Å². The lowest BCUT2D eigenvalue weighted by atomic mass is 10.3. The van der Waals surface area contributed by atoms with E-state index in [1.54, 1.807) is 24.3 Å². The highest BCUT2D eigenvalue weighted by Gasteiger charge is 2.07. The SMILES string of the molecule is CCCS(=O)(=O)Nc1ccccc1.O=CO. The first-order valence-corrected chi connectivity index (χ1v) is 6.34. The van der Waals surface area contributed by atoms with Crippen molar-refractivity contribution >= 4 is 22.2 Å². The minimum atomic E-state index is -3.13.